The van der Waals surface area contributed by atoms with Gasteiger partial charge in [0.2, 0.25) is 0 Å². The Bertz CT molecular complexity index is 197. The zero-order valence-electron chi connectivity index (χ0n) is 9.23. The van der Waals surface area contributed by atoms with Crippen molar-refractivity contribution < 1.29 is 0 Å². The van der Waals surface area contributed by atoms with E-state index in [1.54, 1.807) is 0 Å². The molecule has 0 N–H and O–H groups in total. The smallest absolute Gasteiger partial charge is 0.0271 e. The number of rotatable bonds is 2. The van der Waals surface area contributed by atoms with Crippen molar-refractivity contribution in [2.45, 2.75) is 63.3 Å². The molecule has 1 heteroatoms. The van der Waals surface area contributed by atoms with Crippen LogP contribution in [0.5, 0.6) is 0 Å². The van der Waals surface area contributed by atoms with Crippen molar-refractivity contribution in [2.75, 3.05) is 13.1 Å². The first-order valence-corrected chi connectivity index (χ1v) is 6.52. The Labute approximate surface area is 87.9 Å². The molecule has 1 heterocycles. The molecule has 14 heavy (non-hydrogen) atoms. The van der Waals surface area contributed by atoms with Gasteiger partial charge in [-0.3, -0.25) is 4.90 Å². The molecule has 0 amide bonds. The molecule has 1 radical (unpaired) electrons. The van der Waals surface area contributed by atoms with Crippen LogP contribution in [-0.2, 0) is 0 Å². The van der Waals surface area contributed by atoms with Gasteiger partial charge in [-0.1, -0.05) is 19.3 Å². The van der Waals surface area contributed by atoms with E-state index in [2.05, 4.69) is 4.90 Å². The molecular formula is C13H22N. The maximum absolute atomic E-state index is 2.79. The van der Waals surface area contributed by atoms with Crippen LogP contribution in [0, 0.1) is 5.92 Å². The van der Waals surface area contributed by atoms with E-state index in [4.69, 9.17) is 0 Å². The van der Waals surface area contributed by atoms with Gasteiger partial charge in [-0.15, -0.1) is 0 Å². The average molecular weight is 192 g/mol. The Balaban J connectivity index is 1.71. The largest absolute Gasteiger partial charge is 0.297 e. The monoisotopic (exact) mass is 192 g/mol. The summed E-state index contributed by atoms with van der Waals surface area (Å²) < 4.78 is 0. The molecule has 3 rings (SSSR count). The van der Waals surface area contributed by atoms with E-state index in [0.717, 1.165) is 0 Å². The molecule has 0 aromatic carbocycles. The van der Waals surface area contributed by atoms with E-state index in [-0.39, 0.29) is 0 Å². The van der Waals surface area contributed by atoms with Gasteiger partial charge in [0.25, 0.3) is 0 Å². The molecule has 2 aliphatic carbocycles. The van der Waals surface area contributed by atoms with Crippen molar-refractivity contribution in [3.63, 3.8) is 0 Å². The molecule has 3 fully saturated rings. The minimum absolute atomic E-state index is 0.638. The summed E-state index contributed by atoms with van der Waals surface area (Å²) in [6.07, 6.45) is 13.3. The maximum atomic E-state index is 2.79. The molecule has 0 atom stereocenters. The molecule has 0 spiro atoms. The van der Waals surface area contributed by atoms with Crippen LogP contribution >= 0.6 is 0 Å². The standard InChI is InChI=1S/C13H22N/c1-2-6-12(7-3-1)13(8-4-9-13)14-10-5-11-14/h1-11H2. The highest BCUT2D eigenvalue weighted by Crippen LogP contribution is 2.51. The minimum atomic E-state index is 0.638. The van der Waals surface area contributed by atoms with Gasteiger partial charge in [-0.25, -0.2) is 0 Å². The highest BCUT2D eigenvalue weighted by atomic mass is 15.3. The van der Waals surface area contributed by atoms with E-state index >= 15 is 0 Å². The van der Waals surface area contributed by atoms with Crippen molar-refractivity contribution >= 4 is 0 Å². The van der Waals surface area contributed by atoms with Gasteiger partial charge in [-0.2, -0.15) is 0 Å². The van der Waals surface area contributed by atoms with Crippen LogP contribution < -0.4 is 0 Å². The first-order chi connectivity index (χ1) is 6.92. The Morgan fingerprint density at radius 3 is 1.93 bits per heavy atom. The SMILES string of the molecule is C1CC[C](C2(N3CCC3)CCC2)CC1. The molecule has 0 bridgehead atoms. The van der Waals surface area contributed by atoms with E-state index in [1.807, 2.05) is 5.92 Å². The molecule has 1 aliphatic heterocycles. The van der Waals surface area contributed by atoms with Crippen molar-refractivity contribution in [3.8, 4) is 0 Å². The summed E-state index contributed by atoms with van der Waals surface area (Å²) in [5.74, 6) is 1.94. The van der Waals surface area contributed by atoms with Crippen molar-refractivity contribution in [1.29, 1.82) is 0 Å². The third-order valence-electron chi connectivity index (χ3n) is 4.76. The van der Waals surface area contributed by atoms with Gasteiger partial charge in [0.15, 0.2) is 0 Å². The zero-order chi connectivity index (χ0) is 9.43. The Kier molecular flexibility index (Phi) is 2.31. The normalized spacial score (nSPS) is 33.4. The lowest BCUT2D eigenvalue weighted by atomic mass is 9.62. The van der Waals surface area contributed by atoms with Crippen LogP contribution in [0.3, 0.4) is 0 Å². The maximum Gasteiger partial charge on any atom is 0.0271 e. The average Bonchev–Trinajstić information content (AvgIpc) is 2.09. The topological polar surface area (TPSA) is 3.24 Å². The van der Waals surface area contributed by atoms with Crippen LogP contribution in [0.15, 0.2) is 0 Å². The molecule has 0 aromatic rings. The predicted octanol–water partition coefficient (Wildman–Crippen LogP) is 3.15. The van der Waals surface area contributed by atoms with Crippen molar-refractivity contribution in [2.24, 2.45) is 0 Å². The zero-order valence-corrected chi connectivity index (χ0v) is 9.23. The molecular weight excluding hydrogens is 170 g/mol. The number of likely N-dealkylation sites (tertiary alicyclic amines) is 1. The third kappa shape index (κ3) is 1.25. The first-order valence-electron chi connectivity index (χ1n) is 6.52. The van der Waals surface area contributed by atoms with Gasteiger partial charge in [0.1, 0.15) is 0 Å². The molecule has 3 aliphatic rings. The quantitative estimate of drug-likeness (QED) is 0.649. The van der Waals surface area contributed by atoms with Gasteiger partial charge in [-0.05, 0) is 57.5 Å². The van der Waals surface area contributed by atoms with Crippen molar-refractivity contribution in [1.82, 2.24) is 4.90 Å². The predicted molar refractivity (Wildman–Crippen MR) is 59.1 cm³/mol. The highest BCUT2D eigenvalue weighted by molar-refractivity contribution is 5.20. The van der Waals surface area contributed by atoms with Gasteiger partial charge >= 0.3 is 0 Å². The summed E-state index contributed by atoms with van der Waals surface area (Å²) in [4.78, 5) is 2.79. The summed E-state index contributed by atoms with van der Waals surface area (Å²) in [7, 11) is 0. The molecule has 1 saturated heterocycles. The fourth-order valence-electron chi connectivity index (χ4n) is 3.59. The summed E-state index contributed by atoms with van der Waals surface area (Å²) in [6.45, 7) is 2.78. The van der Waals surface area contributed by atoms with Gasteiger partial charge < -0.3 is 0 Å². The number of hydrogen-bond donors (Lipinski definition) is 0. The van der Waals surface area contributed by atoms with E-state index in [9.17, 15) is 0 Å². The third-order valence-corrected chi connectivity index (χ3v) is 4.76. The van der Waals surface area contributed by atoms with Gasteiger partial charge in [0, 0.05) is 5.54 Å². The summed E-state index contributed by atoms with van der Waals surface area (Å²) in [5, 5.41) is 0. The van der Waals surface area contributed by atoms with Crippen LogP contribution in [0.2, 0.25) is 0 Å². The van der Waals surface area contributed by atoms with E-state index in [1.165, 1.54) is 70.9 Å². The number of hydrogen-bond acceptors (Lipinski definition) is 1. The summed E-state index contributed by atoms with van der Waals surface area (Å²) >= 11 is 0. The lowest BCUT2D eigenvalue weighted by Crippen LogP contribution is -2.62. The minimum Gasteiger partial charge on any atom is -0.297 e. The van der Waals surface area contributed by atoms with Gasteiger partial charge in [0.05, 0.1) is 0 Å². The molecule has 2 saturated carbocycles. The van der Waals surface area contributed by atoms with Crippen molar-refractivity contribution in [3.05, 3.63) is 5.92 Å². The van der Waals surface area contributed by atoms with Crippen LogP contribution in [-0.4, -0.2) is 23.5 Å². The molecule has 0 unspecified atom stereocenters. The highest BCUT2D eigenvalue weighted by Gasteiger charge is 2.49. The van der Waals surface area contributed by atoms with Crippen LogP contribution in [0.1, 0.15) is 57.8 Å². The van der Waals surface area contributed by atoms with Crippen LogP contribution in [0.25, 0.3) is 0 Å². The Morgan fingerprint density at radius 2 is 1.50 bits per heavy atom. The summed E-state index contributed by atoms with van der Waals surface area (Å²) in [6, 6.07) is 0. The first kappa shape index (κ1) is 9.21. The number of nitrogens with zero attached hydrogens (tertiary/aromatic N) is 1. The van der Waals surface area contributed by atoms with Crippen LogP contribution in [0.4, 0.5) is 0 Å². The lowest BCUT2D eigenvalue weighted by molar-refractivity contribution is -0.0252. The lowest BCUT2D eigenvalue weighted by Gasteiger charge is -2.59. The molecule has 0 aromatic heterocycles. The fourth-order valence-corrected chi connectivity index (χ4v) is 3.59. The summed E-state index contributed by atoms with van der Waals surface area (Å²) in [5.41, 5.74) is 0.638. The Morgan fingerprint density at radius 1 is 0.786 bits per heavy atom. The fraction of sp³-hybridized carbons (Fsp3) is 0.923. The second-order valence-corrected chi connectivity index (χ2v) is 5.39. The second kappa shape index (κ2) is 3.52. The van der Waals surface area contributed by atoms with E-state index < -0.39 is 0 Å². The Hall–Kier alpha value is -0.0400. The van der Waals surface area contributed by atoms with E-state index in [0.29, 0.717) is 5.54 Å². The molecule has 79 valence electrons. The molecule has 1 nitrogen and oxygen atoms in total. The second-order valence-electron chi connectivity index (χ2n) is 5.39.